The standard InChI is InChI=1S/C69H103N9O8/c1-48(2)11-8-12-49(3)57-19-20-58-55-18-17-52-45-53(27-29-68(52,4)59(55)28-30-69(57,58)5)71-34-33-70-31-9-36-76-39-41-77(42-40-76)37-10-32-72-66(83)25-26-67(84)73-35-38-78-47-54(74-75-78)46-56(60(79)21-13-50-15-23-62(81)64(43-50)85-6)61(80)22-14-51-16-24-63(82)65(44-51)86-7/h13-17,21-24,43-44,47-49,53,55-59,70-71,81-82H,8-12,18-20,25-42,45-46H2,1-7H3,(H,72,83)(H,73,84)/b21-13+,22-14+/t49-,53+,55+,57-,58+,59+,68+,69-/m1/s1. The number of ketones is 2. The molecule has 0 unspecified atom stereocenters. The third-order valence-corrected chi connectivity index (χ3v) is 20.5. The number of nitrogens with zero attached hydrogens (tertiary/aromatic N) is 5. The number of hydrogen-bond donors (Lipinski definition) is 6. The highest BCUT2D eigenvalue weighted by Gasteiger charge is 2.59. The van der Waals surface area contributed by atoms with E-state index in [0.717, 1.165) is 107 Å². The third kappa shape index (κ3) is 17.9. The van der Waals surface area contributed by atoms with Crippen molar-refractivity contribution in [2.75, 3.05) is 86.2 Å². The normalized spacial score (nSPS) is 24.6. The molecule has 8 rings (SSSR count). The van der Waals surface area contributed by atoms with Crippen LogP contribution < -0.4 is 30.7 Å². The van der Waals surface area contributed by atoms with Crippen LogP contribution in [0.5, 0.6) is 23.0 Å². The zero-order valence-electron chi connectivity index (χ0n) is 52.9. The Bertz CT molecular complexity index is 2730. The molecule has 6 N–H and O–H groups in total. The Morgan fingerprint density at radius 3 is 1.98 bits per heavy atom. The third-order valence-electron chi connectivity index (χ3n) is 20.5. The SMILES string of the molecule is COc1cc(/C=C/C(=O)C(Cc2cn(CCNC(=O)CCC(=O)NCCCN3CCN(CCCNCCN[C@H]4CC[C@@]5(C)C(=CC[C@H]6[C@@H]7CC[C@H]([C@H](C)CCCC(C)C)[C@@]7(C)CC[C@@H]65)C4)CC3)nn2)C(=O)/C=C/c2ccc(O)c(OC)c2)ccc1O. The van der Waals surface area contributed by atoms with Crippen LogP contribution in [0.2, 0.25) is 0 Å². The Hall–Kier alpha value is -5.88. The highest BCUT2D eigenvalue weighted by atomic mass is 16.5. The first kappa shape index (κ1) is 66.1. The van der Waals surface area contributed by atoms with Crippen molar-refractivity contribution < 1.29 is 38.9 Å². The Balaban J connectivity index is 0.646. The van der Waals surface area contributed by atoms with Gasteiger partial charge >= 0.3 is 0 Å². The first-order valence-electron chi connectivity index (χ1n) is 32.6. The minimum atomic E-state index is -1.14. The Labute approximate surface area is 512 Å². The number of fused-ring (bicyclic) bond motifs is 5. The van der Waals surface area contributed by atoms with E-state index in [1.807, 2.05) is 0 Å². The highest BCUT2D eigenvalue weighted by molar-refractivity contribution is 6.13. The smallest absolute Gasteiger partial charge is 0.220 e. The van der Waals surface area contributed by atoms with Crippen LogP contribution in [-0.4, -0.2) is 151 Å². The van der Waals surface area contributed by atoms with Gasteiger partial charge in [0.15, 0.2) is 34.6 Å². The number of carbonyl (C=O) groups is 4. The number of hydrogen-bond acceptors (Lipinski definition) is 14. The Morgan fingerprint density at radius 1 is 0.721 bits per heavy atom. The van der Waals surface area contributed by atoms with Crippen LogP contribution >= 0.6 is 0 Å². The molecule has 2 aromatic carbocycles. The fraction of sp³-hybridized carbons (Fsp3) is 0.652. The largest absolute Gasteiger partial charge is 0.504 e. The van der Waals surface area contributed by atoms with E-state index in [1.165, 1.54) is 126 Å². The second-order valence-electron chi connectivity index (χ2n) is 26.6. The van der Waals surface area contributed by atoms with Crippen molar-refractivity contribution in [1.29, 1.82) is 0 Å². The van der Waals surface area contributed by atoms with E-state index in [4.69, 9.17) is 9.47 Å². The number of rotatable bonds is 33. The van der Waals surface area contributed by atoms with Crippen LogP contribution in [0.15, 0.2) is 66.4 Å². The average Bonchev–Trinajstić information content (AvgIpc) is 1.45. The summed E-state index contributed by atoms with van der Waals surface area (Å²) in [6, 6.07) is 9.88. The van der Waals surface area contributed by atoms with Gasteiger partial charge in [0.25, 0.3) is 0 Å². The van der Waals surface area contributed by atoms with Crippen molar-refractivity contribution in [3.63, 3.8) is 0 Å². The molecule has 4 aliphatic carbocycles. The second-order valence-corrected chi connectivity index (χ2v) is 26.6. The summed E-state index contributed by atoms with van der Waals surface area (Å²) in [6.07, 6.45) is 27.5. The van der Waals surface area contributed by atoms with Gasteiger partial charge in [-0.3, -0.25) is 23.9 Å². The molecule has 5 aliphatic rings. The van der Waals surface area contributed by atoms with E-state index < -0.39 is 17.5 Å². The van der Waals surface area contributed by atoms with Gasteiger partial charge in [0.1, 0.15) is 0 Å². The van der Waals surface area contributed by atoms with Crippen LogP contribution in [0, 0.1) is 52.3 Å². The number of piperazine rings is 1. The van der Waals surface area contributed by atoms with Crippen LogP contribution in [-0.2, 0) is 32.1 Å². The lowest BCUT2D eigenvalue weighted by Gasteiger charge is -2.58. The zero-order valence-corrected chi connectivity index (χ0v) is 52.9. The quantitative estimate of drug-likeness (QED) is 0.0145. The number of phenolic OH excluding ortho intramolecular Hbond substituents is 2. The van der Waals surface area contributed by atoms with Gasteiger partial charge < -0.3 is 50.8 Å². The maximum absolute atomic E-state index is 13.6. The van der Waals surface area contributed by atoms with Gasteiger partial charge in [0.05, 0.1) is 32.4 Å². The summed E-state index contributed by atoms with van der Waals surface area (Å²) in [7, 11) is 2.85. The molecule has 4 fully saturated rings. The molecule has 8 atom stereocenters. The molecule has 86 heavy (non-hydrogen) atoms. The first-order chi connectivity index (χ1) is 41.5. The number of aromatic nitrogens is 3. The van der Waals surface area contributed by atoms with Crippen LogP contribution in [0.3, 0.4) is 0 Å². The topological polar surface area (TPSA) is 213 Å². The van der Waals surface area contributed by atoms with Crippen LogP contribution in [0.25, 0.3) is 12.2 Å². The van der Waals surface area contributed by atoms with E-state index in [1.54, 1.807) is 36.0 Å². The van der Waals surface area contributed by atoms with E-state index in [0.29, 0.717) is 40.2 Å². The molecule has 3 aromatic rings. The zero-order chi connectivity index (χ0) is 61.2. The molecular weight excluding hydrogens is 1080 g/mol. The van der Waals surface area contributed by atoms with Crippen molar-refractivity contribution in [2.24, 2.45) is 52.3 Å². The van der Waals surface area contributed by atoms with E-state index in [2.05, 4.69) is 82.1 Å². The summed E-state index contributed by atoms with van der Waals surface area (Å²) in [5.41, 5.74) is 4.31. The number of benzene rings is 2. The number of allylic oxidation sites excluding steroid dienone is 3. The summed E-state index contributed by atoms with van der Waals surface area (Å²) < 4.78 is 11.9. The monoisotopic (exact) mass is 1190 g/mol. The Morgan fingerprint density at radius 2 is 1.35 bits per heavy atom. The molecule has 17 nitrogen and oxygen atoms in total. The molecule has 2 amide bonds. The number of aromatic hydroxyl groups is 2. The van der Waals surface area contributed by atoms with Gasteiger partial charge in [-0.15, -0.1) is 5.10 Å². The lowest BCUT2D eigenvalue weighted by Crippen LogP contribution is -2.52. The number of nitrogens with one attached hydrogen (secondary N) is 4. The van der Waals surface area contributed by atoms with Crippen molar-refractivity contribution in [1.82, 2.24) is 46.1 Å². The predicted molar refractivity (Wildman–Crippen MR) is 340 cm³/mol. The van der Waals surface area contributed by atoms with Gasteiger partial charge in [0, 0.05) is 83.9 Å². The Kier molecular flexibility index (Phi) is 24.5. The molecule has 0 bridgehead atoms. The summed E-state index contributed by atoms with van der Waals surface area (Å²) in [5.74, 6) is 3.22. The number of amides is 2. The van der Waals surface area contributed by atoms with Crippen molar-refractivity contribution in [3.05, 3.63) is 83.2 Å². The first-order valence-corrected chi connectivity index (χ1v) is 32.6. The minimum absolute atomic E-state index is 0.0439. The molecule has 1 aliphatic heterocycles. The van der Waals surface area contributed by atoms with Gasteiger partial charge in [-0.25, -0.2) is 0 Å². The number of ether oxygens (including phenoxy) is 2. The molecule has 1 aromatic heterocycles. The van der Waals surface area contributed by atoms with Gasteiger partial charge in [-0.05, 0) is 178 Å². The minimum Gasteiger partial charge on any atom is -0.504 e. The summed E-state index contributed by atoms with van der Waals surface area (Å²) >= 11 is 0. The molecule has 0 radical (unpaired) electrons. The molecule has 1 saturated heterocycles. The fourth-order valence-corrected chi connectivity index (χ4v) is 15.5. The predicted octanol–water partition coefficient (Wildman–Crippen LogP) is 9.43. The van der Waals surface area contributed by atoms with Crippen molar-refractivity contribution in [3.8, 4) is 23.0 Å². The molecule has 472 valence electrons. The lowest BCUT2D eigenvalue weighted by atomic mass is 9.47. The van der Waals surface area contributed by atoms with Gasteiger partial charge in [0.2, 0.25) is 11.8 Å². The molecule has 17 heteroatoms. The summed E-state index contributed by atoms with van der Waals surface area (Å²) in [4.78, 5) is 57.6. The van der Waals surface area contributed by atoms with Crippen LogP contribution in [0.1, 0.15) is 148 Å². The summed E-state index contributed by atoms with van der Waals surface area (Å²) in [5, 5.41) is 41.8. The second kappa shape index (κ2) is 31.9. The molecular formula is C69H103N9O8. The number of carbonyl (C=O) groups excluding carboxylic acids is 4. The van der Waals surface area contributed by atoms with Gasteiger partial charge in [-0.1, -0.05) is 95.0 Å². The van der Waals surface area contributed by atoms with E-state index >= 15 is 0 Å². The highest BCUT2D eigenvalue weighted by Crippen LogP contribution is 2.67. The summed E-state index contributed by atoms with van der Waals surface area (Å²) in [6.45, 7) is 23.2. The van der Waals surface area contributed by atoms with Crippen molar-refractivity contribution >= 4 is 35.5 Å². The van der Waals surface area contributed by atoms with Crippen molar-refractivity contribution in [2.45, 2.75) is 150 Å². The van der Waals surface area contributed by atoms with Gasteiger partial charge in [-0.2, -0.15) is 0 Å². The van der Waals surface area contributed by atoms with Crippen LogP contribution in [0.4, 0.5) is 0 Å². The number of phenols is 2. The lowest BCUT2D eigenvalue weighted by molar-refractivity contribution is -0.127. The maximum atomic E-state index is 13.6. The molecule has 2 heterocycles. The fourth-order valence-electron chi connectivity index (χ4n) is 15.5. The average molecular weight is 1190 g/mol. The number of methoxy groups -OCH3 is 2. The van der Waals surface area contributed by atoms with E-state index in [-0.39, 0.29) is 67.2 Å². The van der Waals surface area contributed by atoms with E-state index in [9.17, 15) is 29.4 Å². The molecule has 0 spiro atoms. The molecule has 3 saturated carbocycles. The maximum Gasteiger partial charge on any atom is 0.220 e.